The smallest absolute Gasteiger partial charge is 0.408 e. The first kappa shape index (κ1) is 27.5. The number of nitrogens with zero attached hydrogens (tertiary/aromatic N) is 1. The topological polar surface area (TPSA) is 87.7 Å². The van der Waals surface area contributed by atoms with Crippen LogP contribution in [0.4, 0.5) is 4.79 Å². The van der Waals surface area contributed by atoms with Crippen molar-refractivity contribution in [1.29, 1.82) is 0 Å². The lowest BCUT2D eigenvalue weighted by molar-refractivity contribution is -0.141. The fourth-order valence-corrected chi connectivity index (χ4v) is 3.47. The molecule has 0 saturated heterocycles. The first-order chi connectivity index (χ1) is 14.6. The average molecular weight is 448 g/mol. The molecule has 32 heavy (non-hydrogen) atoms. The standard InChI is InChI=1S/C25H41N3O4/c1-15(2)14-20(27-24(31)32-25(7,8)9)23(30)28(10)21(22(29)26-16(3)4)19-13-11-12-17(5)18(19)6/h11-13,15-16,20-21H,14H2,1-10H3,(H,26,29)(H,27,31). The zero-order valence-corrected chi connectivity index (χ0v) is 21.3. The highest BCUT2D eigenvalue weighted by atomic mass is 16.6. The largest absolute Gasteiger partial charge is 0.444 e. The Morgan fingerprint density at radius 2 is 1.62 bits per heavy atom. The second-order valence-electron chi connectivity index (χ2n) is 10.1. The van der Waals surface area contributed by atoms with Crippen molar-refractivity contribution in [3.8, 4) is 0 Å². The monoisotopic (exact) mass is 447 g/mol. The molecule has 2 N–H and O–H groups in total. The van der Waals surface area contributed by atoms with Crippen LogP contribution in [0.3, 0.4) is 0 Å². The van der Waals surface area contributed by atoms with Gasteiger partial charge in [-0.3, -0.25) is 9.59 Å². The lowest BCUT2D eigenvalue weighted by atomic mass is 9.94. The van der Waals surface area contributed by atoms with Crippen LogP contribution in [-0.2, 0) is 14.3 Å². The first-order valence-corrected chi connectivity index (χ1v) is 11.3. The van der Waals surface area contributed by atoms with Gasteiger partial charge in [0, 0.05) is 13.1 Å². The normalized spacial score (nSPS) is 13.5. The van der Waals surface area contributed by atoms with Crippen LogP contribution in [0.2, 0.25) is 0 Å². The van der Waals surface area contributed by atoms with E-state index in [4.69, 9.17) is 4.74 Å². The molecule has 1 rings (SSSR count). The van der Waals surface area contributed by atoms with Crippen LogP contribution in [0.1, 0.15) is 77.6 Å². The zero-order chi connectivity index (χ0) is 24.8. The molecule has 0 radical (unpaired) electrons. The number of carbonyl (C=O) groups excluding carboxylic acids is 3. The summed E-state index contributed by atoms with van der Waals surface area (Å²) >= 11 is 0. The predicted molar refractivity (Wildman–Crippen MR) is 127 cm³/mol. The van der Waals surface area contributed by atoms with Crippen LogP contribution in [-0.4, -0.2) is 47.5 Å². The van der Waals surface area contributed by atoms with Gasteiger partial charge >= 0.3 is 6.09 Å². The molecular weight excluding hydrogens is 406 g/mol. The Kier molecular flexibility index (Phi) is 9.73. The van der Waals surface area contributed by atoms with Crippen molar-refractivity contribution in [1.82, 2.24) is 15.5 Å². The minimum Gasteiger partial charge on any atom is -0.444 e. The van der Waals surface area contributed by atoms with Crippen LogP contribution in [0.25, 0.3) is 0 Å². The van der Waals surface area contributed by atoms with E-state index >= 15 is 0 Å². The van der Waals surface area contributed by atoms with Gasteiger partial charge in [0.05, 0.1) is 0 Å². The number of alkyl carbamates (subject to hydrolysis) is 1. The summed E-state index contributed by atoms with van der Waals surface area (Å²) in [7, 11) is 1.61. The highest BCUT2D eigenvalue weighted by Gasteiger charge is 2.35. The molecule has 2 unspecified atom stereocenters. The summed E-state index contributed by atoms with van der Waals surface area (Å²) in [5.74, 6) is -0.449. The first-order valence-electron chi connectivity index (χ1n) is 11.3. The zero-order valence-electron chi connectivity index (χ0n) is 21.3. The number of benzene rings is 1. The molecule has 3 amide bonds. The number of nitrogens with one attached hydrogen (secondary N) is 2. The van der Waals surface area contributed by atoms with Gasteiger partial charge in [-0.25, -0.2) is 4.79 Å². The number of carbonyl (C=O) groups is 3. The SMILES string of the molecule is Cc1cccc(C(C(=O)NC(C)C)N(C)C(=O)C(CC(C)C)NC(=O)OC(C)(C)C)c1C. The van der Waals surface area contributed by atoms with Gasteiger partial charge in [0.15, 0.2) is 0 Å². The summed E-state index contributed by atoms with van der Waals surface area (Å²) in [6.45, 7) is 16.9. The van der Waals surface area contributed by atoms with Gasteiger partial charge in [-0.15, -0.1) is 0 Å². The van der Waals surface area contributed by atoms with Crippen LogP contribution in [0.15, 0.2) is 18.2 Å². The minimum atomic E-state index is -0.820. The molecule has 7 nitrogen and oxygen atoms in total. The maximum Gasteiger partial charge on any atom is 0.408 e. The number of hydrogen-bond acceptors (Lipinski definition) is 4. The van der Waals surface area contributed by atoms with Crippen LogP contribution < -0.4 is 10.6 Å². The molecule has 0 aliphatic carbocycles. The Morgan fingerprint density at radius 1 is 1.03 bits per heavy atom. The number of ether oxygens (including phenoxy) is 1. The van der Waals surface area contributed by atoms with Gasteiger partial charge in [0.1, 0.15) is 17.7 Å². The van der Waals surface area contributed by atoms with Gasteiger partial charge in [-0.2, -0.15) is 0 Å². The van der Waals surface area contributed by atoms with Crippen molar-refractivity contribution in [2.75, 3.05) is 7.05 Å². The number of amides is 3. The molecule has 0 heterocycles. The molecular formula is C25H41N3O4. The van der Waals surface area contributed by atoms with Crippen LogP contribution in [0, 0.1) is 19.8 Å². The molecule has 0 aromatic heterocycles. The van der Waals surface area contributed by atoms with Crippen LogP contribution >= 0.6 is 0 Å². The Morgan fingerprint density at radius 3 is 2.12 bits per heavy atom. The molecule has 0 aliphatic heterocycles. The number of hydrogen-bond donors (Lipinski definition) is 2. The highest BCUT2D eigenvalue weighted by molar-refractivity contribution is 5.92. The van der Waals surface area contributed by atoms with E-state index in [-0.39, 0.29) is 23.8 Å². The van der Waals surface area contributed by atoms with Crippen LogP contribution in [0.5, 0.6) is 0 Å². The number of aryl methyl sites for hydroxylation is 1. The molecule has 2 atom stereocenters. The second kappa shape index (κ2) is 11.3. The highest BCUT2D eigenvalue weighted by Crippen LogP contribution is 2.27. The van der Waals surface area contributed by atoms with Crippen molar-refractivity contribution in [3.05, 3.63) is 34.9 Å². The molecule has 1 aromatic carbocycles. The molecule has 0 saturated carbocycles. The summed E-state index contributed by atoms with van der Waals surface area (Å²) in [4.78, 5) is 40.6. The summed E-state index contributed by atoms with van der Waals surface area (Å²) in [5.41, 5.74) is 2.08. The Hall–Kier alpha value is -2.57. The lowest BCUT2D eigenvalue weighted by Gasteiger charge is -2.33. The Balaban J connectivity index is 3.32. The van der Waals surface area contributed by atoms with E-state index < -0.39 is 23.8 Å². The second-order valence-corrected chi connectivity index (χ2v) is 10.1. The van der Waals surface area contributed by atoms with E-state index in [1.165, 1.54) is 4.90 Å². The van der Waals surface area contributed by atoms with Crippen molar-refractivity contribution < 1.29 is 19.1 Å². The summed E-state index contributed by atoms with van der Waals surface area (Å²) in [6, 6.07) is 4.02. The molecule has 0 spiro atoms. The Bertz CT molecular complexity index is 812. The van der Waals surface area contributed by atoms with Gasteiger partial charge in [0.2, 0.25) is 11.8 Å². The number of rotatable bonds is 8. The predicted octanol–water partition coefficient (Wildman–Crippen LogP) is 4.27. The summed E-state index contributed by atoms with van der Waals surface area (Å²) in [5, 5.41) is 5.64. The molecule has 7 heteroatoms. The number of likely N-dealkylation sites (N-methyl/N-ethyl adjacent to an activating group) is 1. The van der Waals surface area contributed by atoms with Gasteiger partial charge in [-0.05, 0) is 77.5 Å². The molecule has 180 valence electrons. The van der Waals surface area contributed by atoms with Crippen molar-refractivity contribution in [3.63, 3.8) is 0 Å². The summed E-state index contributed by atoms with van der Waals surface area (Å²) in [6.07, 6.45) is -0.229. The third-order valence-corrected chi connectivity index (χ3v) is 5.05. The molecule has 0 bridgehead atoms. The molecule has 1 aromatic rings. The van der Waals surface area contributed by atoms with Gasteiger partial charge in [-0.1, -0.05) is 32.0 Å². The van der Waals surface area contributed by atoms with Crippen molar-refractivity contribution in [2.24, 2.45) is 5.92 Å². The van der Waals surface area contributed by atoms with E-state index in [0.717, 1.165) is 16.7 Å². The quantitative estimate of drug-likeness (QED) is 0.623. The minimum absolute atomic E-state index is 0.0787. The fraction of sp³-hybridized carbons (Fsp3) is 0.640. The van der Waals surface area contributed by atoms with E-state index in [1.54, 1.807) is 27.8 Å². The van der Waals surface area contributed by atoms with Crippen molar-refractivity contribution >= 4 is 17.9 Å². The van der Waals surface area contributed by atoms with E-state index in [0.29, 0.717) is 6.42 Å². The third kappa shape index (κ3) is 8.17. The lowest BCUT2D eigenvalue weighted by Crippen LogP contribution is -2.52. The van der Waals surface area contributed by atoms with E-state index in [1.807, 2.05) is 59.7 Å². The maximum atomic E-state index is 13.6. The summed E-state index contributed by atoms with van der Waals surface area (Å²) < 4.78 is 5.36. The Labute approximate surface area is 193 Å². The van der Waals surface area contributed by atoms with E-state index in [9.17, 15) is 14.4 Å². The van der Waals surface area contributed by atoms with Gasteiger partial charge < -0.3 is 20.3 Å². The third-order valence-electron chi connectivity index (χ3n) is 5.05. The average Bonchev–Trinajstić information content (AvgIpc) is 2.61. The molecule has 0 fully saturated rings. The maximum absolute atomic E-state index is 13.6. The van der Waals surface area contributed by atoms with Crippen molar-refractivity contribution in [2.45, 2.75) is 92.5 Å². The molecule has 0 aliphatic rings. The van der Waals surface area contributed by atoms with E-state index in [2.05, 4.69) is 10.6 Å². The van der Waals surface area contributed by atoms with Gasteiger partial charge in [0.25, 0.3) is 0 Å². The fourth-order valence-electron chi connectivity index (χ4n) is 3.47.